The third kappa shape index (κ3) is 5.78. The molecule has 1 saturated heterocycles. The summed E-state index contributed by atoms with van der Waals surface area (Å²) in [6.45, 7) is 5.22. The minimum Gasteiger partial charge on any atom is -0.383 e. The Morgan fingerprint density at radius 2 is 1.74 bits per heavy atom. The molecule has 0 unspecified atom stereocenters. The molecule has 0 N–H and O–H groups in total. The SMILES string of the molecule is COCCN1CCC(CN=C(N(C)C)N(C)C)CC1. The fourth-order valence-corrected chi connectivity index (χ4v) is 2.51. The topological polar surface area (TPSA) is 31.3 Å². The molecule has 0 aromatic heterocycles. The quantitative estimate of drug-likeness (QED) is 0.547. The average Bonchev–Trinajstić information content (AvgIpc) is 2.37. The van der Waals surface area contributed by atoms with Crippen LogP contribution in [0.15, 0.2) is 4.99 Å². The molecule has 1 aliphatic heterocycles. The van der Waals surface area contributed by atoms with E-state index in [-0.39, 0.29) is 0 Å². The van der Waals surface area contributed by atoms with Gasteiger partial charge >= 0.3 is 0 Å². The van der Waals surface area contributed by atoms with Gasteiger partial charge in [-0.05, 0) is 31.8 Å². The van der Waals surface area contributed by atoms with Crippen LogP contribution in [0.2, 0.25) is 0 Å². The second kappa shape index (κ2) is 8.38. The van der Waals surface area contributed by atoms with E-state index in [1.165, 1.54) is 25.9 Å². The summed E-state index contributed by atoms with van der Waals surface area (Å²) in [4.78, 5) is 11.4. The number of likely N-dealkylation sites (tertiary alicyclic amines) is 1. The molecule has 5 heteroatoms. The molecule has 112 valence electrons. The van der Waals surface area contributed by atoms with E-state index in [4.69, 9.17) is 9.73 Å². The summed E-state index contributed by atoms with van der Waals surface area (Å²) in [5, 5.41) is 0. The smallest absolute Gasteiger partial charge is 0.195 e. The predicted octanol–water partition coefficient (Wildman–Crippen LogP) is 0.824. The summed E-state index contributed by atoms with van der Waals surface area (Å²) < 4.78 is 5.13. The van der Waals surface area contributed by atoms with E-state index >= 15 is 0 Å². The van der Waals surface area contributed by atoms with Crippen molar-refractivity contribution < 1.29 is 4.74 Å². The summed E-state index contributed by atoms with van der Waals surface area (Å²) in [5.74, 6) is 1.79. The molecule has 0 aromatic rings. The number of aliphatic imine (C=N–C) groups is 1. The van der Waals surface area contributed by atoms with Crippen LogP contribution in [0.25, 0.3) is 0 Å². The van der Waals surface area contributed by atoms with Crippen molar-refractivity contribution in [2.45, 2.75) is 12.8 Å². The van der Waals surface area contributed by atoms with Gasteiger partial charge in [-0.25, -0.2) is 0 Å². The molecule has 1 fully saturated rings. The third-order valence-electron chi connectivity index (χ3n) is 3.61. The molecule has 0 spiro atoms. The number of hydrogen-bond donors (Lipinski definition) is 0. The zero-order valence-electron chi connectivity index (χ0n) is 13.2. The van der Waals surface area contributed by atoms with Gasteiger partial charge in [0.25, 0.3) is 0 Å². The van der Waals surface area contributed by atoms with E-state index in [1.807, 2.05) is 28.2 Å². The van der Waals surface area contributed by atoms with E-state index in [0.717, 1.165) is 31.6 Å². The molecular weight excluding hydrogens is 240 g/mol. The van der Waals surface area contributed by atoms with Crippen molar-refractivity contribution in [1.82, 2.24) is 14.7 Å². The van der Waals surface area contributed by atoms with Gasteiger partial charge in [-0.3, -0.25) is 4.99 Å². The van der Waals surface area contributed by atoms with Crippen LogP contribution in [0.3, 0.4) is 0 Å². The number of rotatable bonds is 5. The molecule has 0 saturated carbocycles. The van der Waals surface area contributed by atoms with Crippen LogP contribution in [-0.4, -0.2) is 88.7 Å². The first-order valence-corrected chi connectivity index (χ1v) is 7.15. The van der Waals surface area contributed by atoms with Crippen molar-refractivity contribution in [1.29, 1.82) is 0 Å². The lowest BCUT2D eigenvalue weighted by molar-refractivity contribution is 0.121. The van der Waals surface area contributed by atoms with Crippen molar-refractivity contribution in [2.75, 3.05) is 68.1 Å². The maximum atomic E-state index is 5.13. The largest absolute Gasteiger partial charge is 0.383 e. The lowest BCUT2D eigenvalue weighted by atomic mass is 9.97. The van der Waals surface area contributed by atoms with Crippen LogP contribution < -0.4 is 0 Å². The number of hydrogen-bond acceptors (Lipinski definition) is 3. The van der Waals surface area contributed by atoms with Crippen LogP contribution in [0.5, 0.6) is 0 Å². The van der Waals surface area contributed by atoms with E-state index in [9.17, 15) is 0 Å². The highest BCUT2D eigenvalue weighted by molar-refractivity contribution is 5.79. The highest BCUT2D eigenvalue weighted by atomic mass is 16.5. The molecule has 0 bridgehead atoms. The van der Waals surface area contributed by atoms with E-state index in [1.54, 1.807) is 7.11 Å². The van der Waals surface area contributed by atoms with Crippen LogP contribution in [0.4, 0.5) is 0 Å². The lowest BCUT2D eigenvalue weighted by Gasteiger charge is -2.31. The molecule has 1 rings (SSSR count). The van der Waals surface area contributed by atoms with Gasteiger partial charge in [-0.15, -0.1) is 0 Å². The van der Waals surface area contributed by atoms with Crippen LogP contribution in [0.1, 0.15) is 12.8 Å². The number of ether oxygens (including phenoxy) is 1. The molecule has 0 aromatic carbocycles. The minimum atomic E-state index is 0.730. The summed E-state index contributed by atoms with van der Waals surface area (Å²) >= 11 is 0. The van der Waals surface area contributed by atoms with Crippen molar-refractivity contribution in [3.8, 4) is 0 Å². The Morgan fingerprint density at radius 1 is 1.16 bits per heavy atom. The van der Waals surface area contributed by atoms with Crippen molar-refractivity contribution in [3.05, 3.63) is 0 Å². The first-order valence-electron chi connectivity index (χ1n) is 7.15. The van der Waals surface area contributed by atoms with Gasteiger partial charge in [0.05, 0.1) is 6.61 Å². The lowest BCUT2D eigenvalue weighted by Crippen LogP contribution is -2.38. The Kier molecular flexibility index (Phi) is 7.16. The molecule has 1 aliphatic rings. The van der Waals surface area contributed by atoms with Crippen LogP contribution in [-0.2, 0) is 4.74 Å². The Balaban J connectivity index is 2.34. The molecule has 19 heavy (non-hydrogen) atoms. The van der Waals surface area contributed by atoms with E-state index < -0.39 is 0 Å². The molecule has 0 amide bonds. The second-order valence-corrected chi connectivity index (χ2v) is 5.71. The van der Waals surface area contributed by atoms with Gasteiger partial charge in [-0.2, -0.15) is 0 Å². The maximum Gasteiger partial charge on any atom is 0.195 e. The number of nitrogens with zero attached hydrogens (tertiary/aromatic N) is 4. The first-order chi connectivity index (χ1) is 9.04. The molecule has 1 heterocycles. The van der Waals surface area contributed by atoms with Gasteiger partial charge < -0.3 is 19.4 Å². The van der Waals surface area contributed by atoms with Gasteiger partial charge in [0.2, 0.25) is 0 Å². The zero-order chi connectivity index (χ0) is 14.3. The Bertz CT molecular complexity index is 261. The highest BCUT2D eigenvalue weighted by Crippen LogP contribution is 2.17. The number of guanidine groups is 1. The van der Waals surface area contributed by atoms with Gasteiger partial charge in [0.15, 0.2) is 5.96 Å². The summed E-state index contributed by atoms with van der Waals surface area (Å²) in [6, 6.07) is 0. The fourth-order valence-electron chi connectivity index (χ4n) is 2.51. The molecule has 0 radical (unpaired) electrons. The molecule has 0 aliphatic carbocycles. The zero-order valence-corrected chi connectivity index (χ0v) is 13.2. The molecular formula is C14H30N4O. The van der Waals surface area contributed by atoms with E-state index in [0.29, 0.717) is 0 Å². The standard InChI is InChI=1S/C14H30N4O/c1-16(2)14(17(3)4)15-12-13-6-8-18(9-7-13)10-11-19-5/h13H,6-12H2,1-5H3. The number of methoxy groups -OCH3 is 1. The van der Waals surface area contributed by atoms with Crippen molar-refractivity contribution in [3.63, 3.8) is 0 Å². The summed E-state index contributed by atoms with van der Waals surface area (Å²) in [7, 11) is 9.96. The van der Waals surface area contributed by atoms with Crippen LogP contribution in [0, 0.1) is 5.92 Å². The number of piperidine rings is 1. The van der Waals surface area contributed by atoms with E-state index in [2.05, 4.69) is 14.7 Å². The Morgan fingerprint density at radius 3 is 2.21 bits per heavy atom. The fraction of sp³-hybridized carbons (Fsp3) is 0.929. The summed E-state index contributed by atoms with van der Waals surface area (Å²) in [6.07, 6.45) is 2.50. The van der Waals surface area contributed by atoms with Gasteiger partial charge in [0, 0.05) is 48.4 Å². The highest BCUT2D eigenvalue weighted by Gasteiger charge is 2.19. The normalized spacial score (nSPS) is 17.3. The summed E-state index contributed by atoms with van der Waals surface area (Å²) in [5.41, 5.74) is 0. The molecule has 5 nitrogen and oxygen atoms in total. The first kappa shape index (κ1) is 16.2. The Labute approximate surface area is 118 Å². The van der Waals surface area contributed by atoms with Crippen molar-refractivity contribution >= 4 is 5.96 Å². The Hall–Kier alpha value is -0.810. The predicted molar refractivity (Wildman–Crippen MR) is 80.7 cm³/mol. The van der Waals surface area contributed by atoms with Crippen molar-refractivity contribution in [2.24, 2.45) is 10.9 Å². The van der Waals surface area contributed by atoms with Crippen LogP contribution >= 0.6 is 0 Å². The monoisotopic (exact) mass is 270 g/mol. The third-order valence-corrected chi connectivity index (χ3v) is 3.61. The average molecular weight is 270 g/mol. The maximum absolute atomic E-state index is 5.13. The van der Waals surface area contributed by atoms with Gasteiger partial charge in [0.1, 0.15) is 0 Å². The minimum absolute atomic E-state index is 0.730. The molecule has 0 atom stereocenters. The second-order valence-electron chi connectivity index (χ2n) is 5.71. The van der Waals surface area contributed by atoms with Gasteiger partial charge in [-0.1, -0.05) is 0 Å².